The van der Waals surface area contributed by atoms with Crippen LogP contribution in [0.15, 0.2) is 63.5 Å². The van der Waals surface area contributed by atoms with Gasteiger partial charge in [0, 0.05) is 11.5 Å². The van der Waals surface area contributed by atoms with Crippen molar-refractivity contribution in [2.75, 3.05) is 0 Å². The lowest BCUT2D eigenvalue weighted by atomic mass is 10.0. The van der Waals surface area contributed by atoms with Gasteiger partial charge in [-0.1, -0.05) is 30.3 Å². The predicted octanol–water partition coefficient (Wildman–Crippen LogP) is 3.72. The number of fused-ring (bicyclic) bond motifs is 3. The van der Waals surface area contributed by atoms with Gasteiger partial charge in [0.05, 0.1) is 0 Å². The summed E-state index contributed by atoms with van der Waals surface area (Å²) in [6.07, 6.45) is 1.68. The Morgan fingerprint density at radius 2 is 1.78 bits per heavy atom. The number of aryl methyl sites for hydroxylation is 1. The van der Waals surface area contributed by atoms with Gasteiger partial charge in [-0.15, -0.1) is 0 Å². The fourth-order valence-electron chi connectivity index (χ4n) is 2.75. The summed E-state index contributed by atoms with van der Waals surface area (Å²) in [6.45, 7) is 1.81. The van der Waals surface area contributed by atoms with E-state index in [9.17, 15) is 9.59 Å². The molecular weight excluding hydrogens is 292 g/mol. The molecule has 4 heteroatoms. The van der Waals surface area contributed by atoms with Crippen LogP contribution in [0.3, 0.4) is 0 Å². The molecule has 0 fully saturated rings. The van der Waals surface area contributed by atoms with E-state index in [1.54, 1.807) is 18.2 Å². The second-order valence-electron chi connectivity index (χ2n) is 5.41. The standard InChI is InChI=1S/C19H12O4/c1-11-9-16(20)23-19-13(11)7-8-14-17(19)18(21)15(22-14)10-12-5-3-2-4-6-12/h2-10H,1H3/b15-10-. The molecular formula is C19H12O4. The molecule has 0 atom stereocenters. The molecule has 3 aromatic rings. The summed E-state index contributed by atoms with van der Waals surface area (Å²) in [7, 11) is 0. The third kappa shape index (κ3) is 2.16. The molecule has 4 rings (SSSR count). The molecule has 1 aliphatic rings. The van der Waals surface area contributed by atoms with Gasteiger partial charge in [0.25, 0.3) is 0 Å². The minimum Gasteiger partial charge on any atom is -0.452 e. The number of ether oxygens (including phenoxy) is 1. The number of hydrogen-bond acceptors (Lipinski definition) is 4. The van der Waals surface area contributed by atoms with Gasteiger partial charge in [0.1, 0.15) is 11.3 Å². The van der Waals surface area contributed by atoms with E-state index < -0.39 is 5.63 Å². The maximum Gasteiger partial charge on any atom is 0.336 e. The SMILES string of the molecule is Cc1cc(=O)oc2c3c(ccc12)O/C(=C\c1ccccc1)C3=O. The monoisotopic (exact) mass is 304 g/mol. The molecule has 112 valence electrons. The highest BCUT2D eigenvalue weighted by atomic mass is 16.5. The zero-order valence-corrected chi connectivity index (χ0v) is 12.3. The number of benzene rings is 2. The normalized spacial score (nSPS) is 15.0. The van der Waals surface area contributed by atoms with Crippen molar-refractivity contribution < 1.29 is 13.9 Å². The van der Waals surface area contributed by atoms with Crippen LogP contribution in [0.25, 0.3) is 17.0 Å². The van der Waals surface area contributed by atoms with Crippen molar-refractivity contribution in [2.45, 2.75) is 6.92 Å². The average molecular weight is 304 g/mol. The van der Waals surface area contributed by atoms with Crippen LogP contribution >= 0.6 is 0 Å². The Bertz CT molecular complexity index is 1030. The van der Waals surface area contributed by atoms with Gasteiger partial charge in [0.15, 0.2) is 11.3 Å². The molecule has 4 nitrogen and oxygen atoms in total. The molecule has 0 amide bonds. The van der Waals surface area contributed by atoms with E-state index in [-0.39, 0.29) is 17.1 Å². The molecule has 0 aliphatic carbocycles. The minimum absolute atomic E-state index is 0.225. The molecule has 0 spiro atoms. The Hall–Kier alpha value is -3.14. The number of allylic oxidation sites excluding steroid dienone is 1. The van der Waals surface area contributed by atoms with Crippen molar-refractivity contribution >= 4 is 22.8 Å². The first kappa shape index (κ1) is 13.5. The van der Waals surface area contributed by atoms with Crippen LogP contribution < -0.4 is 10.4 Å². The number of hydrogen-bond donors (Lipinski definition) is 0. The average Bonchev–Trinajstić information content (AvgIpc) is 2.85. The number of carbonyl (C=O) groups is 1. The van der Waals surface area contributed by atoms with Gasteiger partial charge < -0.3 is 9.15 Å². The highest BCUT2D eigenvalue weighted by molar-refractivity contribution is 6.20. The topological polar surface area (TPSA) is 56.5 Å². The van der Waals surface area contributed by atoms with Crippen LogP contribution in [-0.2, 0) is 0 Å². The number of carbonyl (C=O) groups excluding carboxylic acids is 1. The number of Topliss-reactive ketones (excluding diaryl/α,β-unsaturated/α-hetero) is 1. The maximum absolute atomic E-state index is 12.7. The third-order valence-corrected chi connectivity index (χ3v) is 3.85. The minimum atomic E-state index is -0.475. The Morgan fingerprint density at radius 3 is 2.57 bits per heavy atom. The lowest BCUT2D eigenvalue weighted by molar-refractivity contribution is 0.101. The second kappa shape index (κ2) is 4.95. The van der Waals surface area contributed by atoms with Crippen LogP contribution in [0.5, 0.6) is 5.75 Å². The first-order valence-corrected chi connectivity index (χ1v) is 7.20. The van der Waals surface area contributed by atoms with Gasteiger partial charge in [0.2, 0.25) is 5.78 Å². The van der Waals surface area contributed by atoms with Crippen LogP contribution in [-0.4, -0.2) is 5.78 Å². The van der Waals surface area contributed by atoms with Crippen molar-refractivity contribution in [3.63, 3.8) is 0 Å². The molecule has 0 saturated carbocycles. The first-order chi connectivity index (χ1) is 11.1. The lowest BCUT2D eigenvalue weighted by Gasteiger charge is -2.02. The van der Waals surface area contributed by atoms with Crippen molar-refractivity contribution in [3.05, 3.63) is 81.4 Å². The maximum atomic E-state index is 12.7. The van der Waals surface area contributed by atoms with Gasteiger partial charge >= 0.3 is 5.63 Å². The zero-order chi connectivity index (χ0) is 16.0. The molecule has 0 N–H and O–H groups in total. The summed E-state index contributed by atoms with van der Waals surface area (Å²) in [4.78, 5) is 24.3. The molecule has 0 unspecified atom stereocenters. The fraction of sp³-hybridized carbons (Fsp3) is 0.0526. The lowest BCUT2D eigenvalue weighted by Crippen LogP contribution is -2.02. The summed E-state index contributed by atoms with van der Waals surface area (Å²) in [6, 6.07) is 14.4. The molecule has 1 aliphatic heterocycles. The molecule has 23 heavy (non-hydrogen) atoms. The fourth-order valence-corrected chi connectivity index (χ4v) is 2.75. The van der Waals surface area contributed by atoms with E-state index in [1.807, 2.05) is 37.3 Å². The van der Waals surface area contributed by atoms with E-state index in [1.165, 1.54) is 6.07 Å². The van der Waals surface area contributed by atoms with Crippen molar-refractivity contribution in [1.29, 1.82) is 0 Å². The summed E-state index contributed by atoms with van der Waals surface area (Å²) in [5.41, 5.74) is 1.76. The molecule has 2 heterocycles. The summed E-state index contributed by atoms with van der Waals surface area (Å²) in [5.74, 6) is 0.365. The molecule has 1 aromatic heterocycles. The van der Waals surface area contributed by atoms with E-state index in [0.29, 0.717) is 11.3 Å². The summed E-state index contributed by atoms with van der Waals surface area (Å²) < 4.78 is 10.9. The molecule has 0 saturated heterocycles. The van der Waals surface area contributed by atoms with E-state index in [4.69, 9.17) is 9.15 Å². The largest absolute Gasteiger partial charge is 0.452 e. The highest BCUT2D eigenvalue weighted by Crippen LogP contribution is 2.37. The molecule has 0 bridgehead atoms. The Labute approximate surface area is 131 Å². The Morgan fingerprint density at radius 1 is 1.00 bits per heavy atom. The van der Waals surface area contributed by atoms with Gasteiger partial charge in [-0.05, 0) is 36.3 Å². The van der Waals surface area contributed by atoms with E-state index in [0.717, 1.165) is 16.5 Å². The van der Waals surface area contributed by atoms with Crippen LogP contribution in [0.4, 0.5) is 0 Å². The predicted molar refractivity (Wildman–Crippen MR) is 86.6 cm³/mol. The number of rotatable bonds is 1. The third-order valence-electron chi connectivity index (χ3n) is 3.85. The van der Waals surface area contributed by atoms with Crippen LogP contribution in [0.2, 0.25) is 0 Å². The van der Waals surface area contributed by atoms with Gasteiger partial charge in [-0.3, -0.25) is 4.79 Å². The quantitative estimate of drug-likeness (QED) is 0.508. The molecule has 2 aromatic carbocycles. The van der Waals surface area contributed by atoms with Crippen molar-refractivity contribution in [2.24, 2.45) is 0 Å². The zero-order valence-electron chi connectivity index (χ0n) is 12.3. The Kier molecular flexibility index (Phi) is 2.91. The summed E-state index contributed by atoms with van der Waals surface area (Å²) >= 11 is 0. The van der Waals surface area contributed by atoms with Gasteiger partial charge in [-0.25, -0.2) is 4.79 Å². The van der Waals surface area contributed by atoms with Crippen molar-refractivity contribution in [3.8, 4) is 5.75 Å². The van der Waals surface area contributed by atoms with Crippen LogP contribution in [0, 0.1) is 6.92 Å². The first-order valence-electron chi connectivity index (χ1n) is 7.20. The molecule has 0 radical (unpaired) electrons. The smallest absolute Gasteiger partial charge is 0.336 e. The highest BCUT2D eigenvalue weighted by Gasteiger charge is 2.31. The number of ketones is 1. The van der Waals surface area contributed by atoms with E-state index in [2.05, 4.69) is 0 Å². The Balaban J connectivity index is 1.91. The van der Waals surface area contributed by atoms with Crippen molar-refractivity contribution in [1.82, 2.24) is 0 Å². The second-order valence-corrected chi connectivity index (χ2v) is 5.41. The van der Waals surface area contributed by atoms with Gasteiger partial charge in [-0.2, -0.15) is 0 Å². The van der Waals surface area contributed by atoms with E-state index >= 15 is 0 Å². The summed E-state index contributed by atoms with van der Waals surface area (Å²) in [5, 5.41) is 0.737. The van der Waals surface area contributed by atoms with Crippen LogP contribution in [0.1, 0.15) is 21.5 Å².